The van der Waals surface area contributed by atoms with Crippen molar-refractivity contribution >= 4 is 10.8 Å². The molecule has 0 saturated carbocycles. The summed E-state index contributed by atoms with van der Waals surface area (Å²) in [6.45, 7) is 0.989. The first-order valence-electron chi connectivity index (χ1n) is 8.34. The SMILES string of the molecule is Cc1c(-c2ccc3c(O)n(CC(F)F)cc3c2)nnn1-c1c(F)cccc1F. The molecule has 0 spiro atoms. The number of halogens is 4. The number of para-hydroxylation sites is 1. The van der Waals surface area contributed by atoms with Crippen LogP contribution in [0, 0.1) is 18.6 Å². The highest BCUT2D eigenvalue weighted by molar-refractivity contribution is 5.91. The van der Waals surface area contributed by atoms with Crippen molar-refractivity contribution in [2.75, 3.05) is 0 Å². The number of rotatable bonds is 4. The molecule has 0 aliphatic carbocycles. The van der Waals surface area contributed by atoms with Crippen LogP contribution in [-0.2, 0) is 6.54 Å². The Hall–Kier alpha value is -3.36. The normalized spacial score (nSPS) is 11.6. The quantitative estimate of drug-likeness (QED) is 0.524. The van der Waals surface area contributed by atoms with Gasteiger partial charge in [0.1, 0.15) is 11.4 Å². The highest BCUT2D eigenvalue weighted by Gasteiger charge is 2.19. The minimum Gasteiger partial charge on any atom is -0.494 e. The molecule has 0 atom stereocenters. The van der Waals surface area contributed by atoms with Gasteiger partial charge in [-0.15, -0.1) is 5.10 Å². The van der Waals surface area contributed by atoms with Crippen LogP contribution in [0.15, 0.2) is 42.6 Å². The average molecular weight is 390 g/mol. The lowest BCUT2D eigenvalue weighted by Crippen LogP contribution is -2.05. The molecule has 0 fully saturated rings. The standard InChI is InChI=1S/C19H14F4N4O/c1-10-17(24-25-27(10)18-14(20)3-2-4-15(18)21)11-5-6-13-12(7-11)8-26(19(13)28)9-16(22)23/h2-8,16,28H,9H2,1H3. The summed E-state index contributed by atoms with van der Waals surface area (Å²) in [6, 6.07) is 8.36. The lowest BCUT2D eigenvalue weighted by molar-refractivity contribution is 0.123. The Morgan fingerprint density at radius 1 is 1.11 bits per heavy atom. The molecular formula is C19H14F4N4O. The Morgan fingerprint density at radius 3 is 2.50 bits per heavy atom. The van der Waals surface area contributed by atoms with Crippen LogP contribution in [0.5, 0.6) is 5.88 Å². The highest BCUT2D eigenvalue weighted by Crippen LogP contribution is 2.32. The van der Waals surface area contributed by atoms with Crippen molar-refractivity contribution in [2.24, 2.45) is 0 Å². The van der Waals surface area contributed by atoms with Crippen LogP contribution in [0.2, 0.25) is 0 Å². The third-order valence-corrected chi connectivity index (χ3v) is 4.51. The summed E-state index contributed by atoms with van der Waals surface area (Å²) in [7, 11) is 0. The van der Waals surface area contributed by atoms with E-state index in [1.54, 1.807) is 25.1 Å². The summed E-state index contributed by atoms with van der Waals surface area (Å²) in [5, 5.41) is 18.9. The summed E-state index contributed by atoms with van der Waals surface area (Å²) in [5.74, 6) is -1.80. The van der Waals surface area contributed by atoms with Crippen molar-refractivity contribution < 1.29 is 22.7 Å². The number of aromatic nitrogens is 4. The zero-order chi connectivity index (χ0) is 20.0. The number of hydrogen-bond donors (Lipinski definition) is 1. The van der Waals surface area contributed by atoms with E-state index in [0.717, 1.165) is 21.4 Å². The number of fused-ring (bicyclic) bond motifs is 1. The van der Waals surface area contributed by atoms with Gasteiger partial charge in [-0.1, -0.05) is 17.3 Å². The van der Waals surface area contributed by atoms with Gasteiger partial charge in [-0.3, -0.25) is 0 Å². The molecule has 0 saturated heterocycles. The number of hydrogen-bond acceptors (Lipinski definition) is 3. The van der Waals surface area contributed by atoms with Gasteiger partial charge in [0.15, 0.2) is 17.5 Å². The summed E-state index contributed by atoms with van der Waals surface area (Å²) >= 11 is 0. The molecular weight excluding hydrogens is 376 g/mol. The van der Waals surface area contributed by atoms with Crippen LogP contribution in [-0.4, -0.2) is 31.1 Å². The molecule has 0 aliphatic rings. The van der Waals surface area contributed by atoms with E-state index in [-0.39, 0.29) is 11.6 Å². The van der Waals surface area contributed by atoms with Crippen LogP contribution < -0.4 is 0 Å². The Labute approximate surface area is 156 Å². The minimum atomic E-state index is -2.61. The molecule has 0 aliphatic heterocycles. The van der Waals surface area contributed by atoms with Crippen molar-refractivity contribution in [1.29, 1.82) is 0 Å². The maximum atomic E-state index is 14.1. The van der Waals surface area contributed by atoms with E-state index in [2.05, 4.69) is 10.3 Å². The zero-order valence-corrected chi connectivity index (χ0v) is 14.6. The molecule has 4 aromatic rings. The van der Waals surface area contributed by atoms with Crippen LogP contribution >= 0.6 is 0 Å². The van der Waals surface area contributed by atoms with Crippen LogP contribution in [0.4, 0.5) is 17.6 Å². The van der Waals surface area contributed by atoms with Crippen molar-refractivity contribution in [3.63, 3.8) is 0 Å². The zero-order valence-electron chi connectivity index (χ0n) is 14.6. The molecule has 28 heavy (non-hydrogen) atoms. The third-order valence-electron chi connectivity index (χ3n) is 4.51. The third kappa shape index (κ3) is 2.88. The molecule has 2 heterocycles. The Kier molecular flexibility index (Phi) is 4.29. The first-order valence-corrected chi connectivity index (χ1v) is 8.34. The first kappa shape index (κ1) is 18.0. The molecule has 5 nitrogen and oxygen atoms in total. The lowest BCUT2D eigenvalue weighted by Gasteiger charge is -2.06. The summed E-state index contributed by atoms with van der Waals surface area (Å²) < 4.78 is 55.6. The smallest absolute Gasteiger partial charge is 0.256 e. The highest BCUT2D eigenvalue weighted by atomic mass is 19.3. The Balaban J connectivity index is 1.80. The minimum absolute atomic E-state index is 0.254. The molecule has 0 radical (unpaired) electrons. The molecule has 1 N–H and O–H groups in total. The second-order valence-electron chi connectivity index (χ2n) is 6.30. The number of alkyl halides is 2. The number of nitrogens with zero attached hydrogens (tertiary/aromatic N) is 4. The second-order valence-corrected chi connectivity index (χ2v) is 6.30. The van der Waals surface area contributed by atoms with E-state index in [0.29, 0.717) is 27.7 Å². The van der Waals surface area contributed by atoms with Gasteiger partial charge in [0.25, 0.3) is 6.43 Å². The van der Waals surface area contributed by atoms with Crippen LogP contribution in [0.1, 0.15) is 5.69 Å². The molecule has 2 aromatic carbocycles. The largest absolute Gasteiger partial charge is 0.494 e. The fourth-order valence-corrected chi connectivity index (χ4v) is 3.19. The molecule has 0 bridgehead atoms. The predicted octanol–water partition coefficient (Wildman–Crippen LogP) is 4.45. The average Bonchev–Trinajstić information content (AvgIpc) is 3.15. The van der Waals surface area contributed by atoms with Gasteiger partial charge in [-0.05, 0) is 31.2 Å². The van der Waals surface area contributed by atoms with Crippen molar-refractivity contribution in [1.82, 2.24) is 19.6 Å². The monoisotopic (exact) mass is 390 g/mol. The van der Waals surface area contributed by atoms with Gasteiger partial charge < -0.3 is 9.67 Å². The van der Waals surface area contributed by atoms with Gasteiger partial charge in [-0.25, -0.2) is 22.2 Å². The van der Waals surface area contributed by atoms with Gasteiger partial charge >= 0.3 is 0 Å². The second kappa shape index (κ2) is 6.66. The van der Waals surface area contributed by atoms with Gasteiger partial charge in [0.05, 0.1) is 12.2 Å². The van der Waals surface area contributed by atoms with Gasteiger partial charge in [0, 0.05) is 22.5 Å². The van der Waals surface area contributed by atoms with Crippen LogP contribution in [0.3, 0.4) is 0 Å². The number of aromatic hydroxyl groups is 1. The first-order chi connectivity index (χ1) is 13.4. The molecule has 2 aromatic heterocycles. The van der Waals surface area contributed by atoms with Crippen molar-refractivity contribution in [2.45, 2.75) is 19.9 Å². The van der Waals surface area contributed by atoms with E-state index in [1.807, 2.05) is 0 Å². The number of benzene rings is 2. The molecule has 4 rings (SSSR count). The van der Waals surface area contributed by atoms with E-state index < -0.39 is 24.6 Å². The Morgan fingerprint density at radius 2 is 1.82 bits per heavy atom. The topological polar surface area (TPSA) is 55.9 Å². The Bertz CT molecular complexity index is 1160. The fourth-order valence-electron chi connectivity index (χ4n) is 3.19. The molecule has 144 valence electrons. The summed E-state index contributed by atoms with van der Waals surface area (Å²) in [5.41, 5.74) is 1.02. The van der Waals surface area contributed by atoms with E-state index >= 15 is 0 Å². The lowest BCUT2D eigenvalue weighted by atomic mass is 10.1. The van der Waals surface area contributed by atoms with Crippen molar-refractivity contribution in [3.8, 4) is 22.8 Å². The fraction of sp³-hybridized carbons (Fsp3) is 0.158. The molecule has 9 heteroatoms. The van der Waals surface area contributed by atoms with Gasteiger partial charge in [-0.2, -0.15) is 0 Å². The van der Waals surface area contributed by atoms with E-state index in [4.69, 9.17) is 0 Å². The summed E-state index contributed by atoms with van der Waals surface area (Å²) in [6.07, 6.45) is -1.19. The maximum Gasteiger partial charge on any atom is 0.256 e. The van der Waals surface area contributed by atoms with E-state index in [9.17, 15) is 22.7 Å². The van der Waals surface area contributed by atoms with E-state index in [1.165, 1.54) is 12.3 Å². The summed E-state index contributed by atoms with van der Waals surface area (Å²) in [4.78, 5) is 0. The maximum absolute atomic E-state index is 14.1. The molecule has 0 amide bonds. The van der Waals surface area contributed by atoms with Gasteiger partial charge in [0.2, 0.25) is 0 Å². The molecule has 0 unspecified atom stereocenters. The predicted molar refractivity (Wildman–Crippen MR) is 94.6 cm³/mol. The van der Waals surface area contributed by atoms with Crippen molar-refractivity contribution in [3.05, 3.63) is 59.9 Å². The van der Waals surface area contributed by atoms with Crippen LogP contribution in [0.25, 0.3) is 27.7 Å².